The van der Waals surface area contributed by atoms with E-state index in [9.17, 15) is 10.1 Å². The standard InChI is InChI=1S/C13H14N2O2S/c1-2-18-11-5-3-4-10(9(11)8-14)15-13(6-7-13)12(16)17/h3-5,15H,2,6-7H2,1H3,(H,16,17). The fourth-order valence-corrected chi connectivity index (χ4v) is 2.59. The molecule has 0 aliphatic heterocycles. The molecule has 0 aromatic heterocycles. The van der Waals surface area contributed by atoms with E-state index in [0.29, 0.717) is 24.1 Å². The first-order valence-corrected chi connectivity index (χ1v) is 6.79. The van der Waals surface area contributed by atoms with Gasteiger partial charge in [-0.3, -0.25) is 0 Å². The number of nitriles is 1. The quantitative estimate of drug-likeness (QED) is 0.798. The maximum absolute atomic E-state index is 11.1. The third kappa shape index (κ3) is 2.29. The Morgan fingerprint density at radius 2 is 2.33 bits per heavy atom. The largest absolute Gasteiger partial charge is 0.480 e. The van der Waals surface area contributed by atoms with Crippen LogP contribution < -0.4 is 5.32 Å². The van der Waals surface area contributed by atoms with Crippen LogP contribution >= 0.6 is 11.8 Å². The van der Waals surface area contributed by atoms with Crippen LogP contribution in [0, 0.1) is 11.3 Å². The third-order valence-corrected chi connectivity index (χ3v) is 3.91. The lowest BCUT2D eigenvalue weighted by Gasteiger charge is -2.16. The van der Waals surface area contributed by atoms with E-state index in [1.807, 2.05) is 19.1 Å². The molecule has 2 N–H and O–H groups in total. The van der Waals surface area contributed by atoms with E-state index in [2.05, 4.69) is 11.4 Å². The molecule has 0 bridgehead atoms. The van der Waals surface area contributed by atoms with Crippen molar-refractivity contribution < 1.29 is 9.90 Å². The van der Waals surface area contributed by atoms with Crippen LogP contribution in [0.3, 0.4) is 0 Å². The van der Waals surface area contributed by atoms with Crippen LogP contribution in [0.15, 0.2) is 23.1 Å². The highest BCUT2D eigenvalue weighted by molar-refractivity contribution is 7.99. The SMILES string of the molecule is CCSc1cccc(NC2(C(=O)O)CC2)c1C#N. The normalized spacial score (nSPS) is 15.8. The van der Waals surface area contributed by atoms with Gasteiger partial charge in [0.05, 0.1) is 11.3 Å². The van der Waals surface area contributed by atoms with Crippen molar-refractivity contribution in [2.45, 2.75) is 30.2 Å². The summed E-state index contributed by atoms with van der Waals surface area (Å²) >= 11 is 1.59. The lowest BCUT2D eigenvalue weighted by molar-refractivity contribution is -0.138. The first-order chi connectivity index (χ1) is 8.63. The molecule has 0 radical (unpaired) electrons. The van der Waals surface area contributed by atoms with E-state index < -0.39 is 11.5 Å². The molecule has 1 aliphatic rings. The van der Waals surface area contributed by atoms with Crippen molar-refractivity contribution in [3.63, 3.8) is 0 Å². The van der Waals surface area contributed by atoms with E-state index in [4.69, 9.17) is 5.11 Å². The first-order valence-electron chi connectivity index (χ1n) is 5.80. The van der Waals surface area contributed by atoms with Crippen molar-refractivity contribution in [2.24, 2.45) is 0 Å². The summed E-state index contributed by atoms with van der Waals surface area (Å²) in [5.41, 5.74) is 0.300. The van der Waals surface area contributed by atoms with Crippen molar-refractivity contribution in [2.75, 3.05) is 11.1 Å². The van der Waals surface area contributed by atoms with Crippen LogP contribution in [0.5, 0.6) is 0 Å². The number of thioether (sulfide) groups is 1. The van der Waals surface area contributed by atoms with Crippen LogP contribution in [0.1, 0.15) is 25.3 Å². The molecule has 2 rings (SSSR count). The second-order valence-corrected chi connectivity index (χ2v) is 5.54. The second kappa shape index (κ2) is 4.91. The molecule has 0 saturated heterocycles. The summed E-state index contributed by atoms with van der Waals surface area (Å²) in [5.74, 6) is 0.0299. The van der Waals surface area contributed by atoms with E-state index >= 15 is 0 Å². The summed E-state index contributed by atoms with van der Waals surface area (Å²) in [6, 6.07) is 7.66. The number of nitrogens with one attached hydrogen (secondary N) is 1. The average Bonchev–Trinajstić information content (AvgIpc) is 3.11. The second-order valence-electron chi connectivity index (χ2n) is 4.24. The van der Waals surface area contributed by atoms with Crippen LogP contribution in [0.2, 0.25) is 0 Å². The highest BCUT2D eigenvalue weighted by Gasteiger charge is 2.50. The van der Waals surface area contributed by atoms with Gasteiger partial charge in [0.1, 0.15) is 11.6 Å². The summed E-state index contributed by atoms with van der Waals surface area (Å²) in [5, 5.41) is 21.4. The minimum Gasteiger partial charge on any atom is -0.480 e. The Hall–Kier alpha value is -1.67. The number of rotatable bonds is 5. The number of aliphatic carboxylic acids is 1. The van der Waals surface area contributed by atoms with Crippen molar-refractivity contribution in [3.05, 3.63) is 23.8 Å². The van der Waals surface area contributed by atoms with Crippen molar-refractivity contribution >= 4 is 23.4 Å². The lowest BCUT2D eigenvalue weighted by atomic mass is 10.1. The number of benzene rings is 1. The number of carboxylic acids is 1. The molecule has 1 aliphatic carbocycles. The van der Waals surface area contributed by atoms with Crippen molar-refractivity contribution in [1.82, 2.24) is 0 Å². The van der Waals surface area contributed by atoms with Gasteiger partial charge in [-0.2, -0.15) is 5.26 Å². The van der Waals surface area contributed by atoms with Gasteiger partial charge < -0.3 is 10.4 Å². The van der Waals surface area contributed by atoms with E-state index in [-0.39, 0.29) is 0 Å². The maximum atomic E-state index is 11.1. The molecular formula is C13H14N2O2S. The molecule has 0 heterocycles. The molecule has 0 atom stereocenters. The molecule has 0 spiro atoms. The third-order valence-electron chi connectivity index (χ3n) is 2.97. The number of carboxylic acid groups (broad SMARTS) is 1. The predicted octanol–water partition coefficient (Wildman–Crippen LogP) is 2.70. The molecule has 0 amide bonds. The first kappa shape index (κ1) is 12.8. The Morgan fingerprint density at radius 1 is 1.61 bits per heavy atom. The van der Waals surface area contributed by atoms with E-state index in [1.165, 1.54) is 0 Å². The predicted molar refractivity (Wildman–Crippen MR) is 70.8 cm³/mol. The van der Waals surface area contributed by atoms with Crippen LogP contribution in [0.4, 0.5) is 5.69 Å². The van der Waals surface area contributed by atoms with Gasteiger partial charge in [-0.1, -0.05) is 13.0 Å². The van der Waals surface area contributed by atoms with Crippen molar-refractivity contribution in [3.8, 4) is 6.07 Å². The molecule has 1 saturated carbocycles. The average molecular weight is 262 g/mol. The number of hydrogen-bond donors (Lipinski definition) is 2. The number of hydrogen-bond acceptors (Lipinski definition) is 4. The summed E-state index contributed by atoms with van der Waals surface area (Å²) in [7, 11) is 0. The van der Waals surface area contributed by atoms with Crippen LogP contribution in [-0.2, 0) is 4.79 Å². The van der Waals surface area contributed by atoms with Gasteiger partial charge >= 0.3 is 5.97 Å². The summed E-state index contributed by atoms with van der Waals surface area (Å²) in [6.07, 6.45) is 1.22. The molecule has 4 nitrogen and oxygen atoms in total. The molecule has 94 valence electrons. The van der Waals surface area contributed by atoms with Gasteiger partial charge in [-0.25, -0.2) is 4.79 Å². The fourth-order valence-electron chi connectivity index (χ4n) is 1.80. The zero-order valence-electron chi connectivity index (χ0n) is 10.1. The summed E-state index contributed by atoms with van der Waals surface area (Å²) in [4.78, 5) is 12.0. The fraction of sp³-hybridized carbons (Fsp3) is 0.385. The molecular weight excluding hydrogens is 248 g/mol. The van der Waals surface area contributed by atoms with Gasteiger partial charge in [-0.15, -0.1) is 11.8 Å². The highest BCUT2D eigenvalue weighted by atomic mass is 32.2. The highest BCUT2D eigenvalue weighted by Crippen LogP contribution is 2.41. The molecule has 0 unspecified atom stereocenters. The number of nitrogens with zero attached hydrogens (tertiary/aromatic N) is 1. The van der Waals surface area contributed by atoms with Gasteiger partial charge in [-0.05, 0) is 30.7 Å². The Morgan fingerprint density at radius 3 is 2.83 bits per heavy atom. The Bertz CT molecular complexity index is 518. The topological polar surface area (TPSA) is 73.1 Å². The summed E-state index contributed by atoms with van der Waals surface area (Å²) < 4.78 is 0. The molecule has 1 aromatic carbocycles. The molecule has 1 fully saturated rings. The zero-order chi connectivity index (χ0) is 13.2. The monoisotopic (exact) mass is 262 g/mol. The minimum absolute atomic E-state index is 0.539. The van der Waals surface area contributed by atoms with Gasteiger partial charge in [0.2, 0.25) is 0 Å². The Kier molecular flexibility index (Phi) is 3.48. The van der Waals surface area contributed by atoms with Crippen LogP contribution in [-0.4, -0.2) is 22.4 Å². The van der Waals surface area contributed by atoms with Gasteiger partial charge in [0.25, 0.3) is 0 Å². The van der Waals surface area contributed by atoms with Gasteiger partial charge in [0.15, 0.2) is 0 Å². The molecule has 18 heavy (non-hydrogen) atoms. The Balaban J connectivity index is 2.31. The zero-order valence-corrected chi connectivity index (χ0v) is 10.9. The number of anilines is 1. The van der Waals surface area contributed by atoms with Gasteiger partial charge in [0, 0.05) is 4.90 Å². The van der Waals surface area contributed by atoms with E-state index in [0.717, 1.165) is 10.6 Å². The lowest BCUT2D eigenvalue weighted by Crippen LogP contribution is -2.31. The maximum Gasteiger partial charge on any atom is 0.329 e. The number of carbonyl (C=O) groups is 1. The van der Waals surface area contributed by atoms with E-state index in [1.54, 1.807) is 17.8 Å². The smallest absolute Gasteiger partial charge is 0.329 e. The Labute approximate surface area is 110 Å². The molecule has 1 aromatic rings. The minimum atomic E-state index is -0.860. The van der Waals surface area contributed by atoms with Crippen molar-refractivity contribution in [1.29, 1.82) is 5.26 Å². The summed E-state index contributed by atoms with van der Waals surface area (Å²) in [6.45, 7) is 2.02. The molecule has 5 heteroatoms. The van der Waals surface area contributed by atoms with Crippen LogP contribution in [0.25, 0.3) is 0 Å².